The molecule has 122 valence electrons. The highest BCUT2D eigenvalue weighted by Gasteiger charge is 2.33. The summed E-state index contributed by atoms with van der Waals surface area (Å²) in [6, 6.07) is 5.66. The Morgan fingerprint density at radius 1 is 1.35 bits per heavy atom. The molecule has 23 heavy (non-hydrogen) atoms. The number of hydrogen-bond donors (Lipinski definition) is 1. The van der Waals surface area contributed by atoms with Crippen molar-refractivity contribution in [2.45, 2.75) is 12.7 Å². The minimum absolute atomic E-state index is 0.0195. The van der Waals surface area contributed by atoms with Crippen molar-refractivity contribution >= 4 is 11.4 Å². The second-order valence-electron chi connectivity index (χ2n) is 4.51. The monoisotopic (exact) mass is 327 g/mol. The van der Waals surface area contributed by atoms with E-state index >= 15 is 0 Å². The summed E-state index contributed by atoms with van der Waals surface area (Å²) in [6.45, 7) is 0.114. The summed E-state index contributed by atoms with van der Waals surface area (Å²) >= 11 is 0. The fourth-order valence-electron chi connectivity index (χ4n) is 1.94. The van der Waals surface area contributed by atoms with E-state index in [0.717, 1.165) is 12.1 Å². The second kappa shape index (κ2) is 6.51. The zero-order valence-electron chi connectivity index (χ0n) is 11.9. The van der Waals surface area contributed by atoms with Crippen LogP contribution >= 0.6 is 0 Å². The average molecular weight is 327 g/mol. The first-order valence-electron chi connectivity index (χ1n) is 6.40. The third-order valence-electron chi connectivity index (χ3n) is 3.03. The van der Waals surface area contributed by atoms with E-state index in [1.54, 1.807) is 12.1 Å². The van der Waals surface area contributed by atoms with Crippen LogP contribution in [0, 0.1) is 10.1 Å². The predicted molar refractivity (Wildman–Crippen MR) is 76.2 cm³/mol. The molecule has 0 aliphatic heterocycles. The maximum atomic E-state index is 12.6. The molecule has 1 aromatic carbocycles. The van der Waals surface area contributed by atoms with Crippen LogP contribution in [-0.2, 0) is 12.7 Å². The number of ether oxygens (including phenoxy) is 1. The number of pyridine rings is 1. The van der Waals surface area contributed by atoms with E-state index in [4.69, 9.17) is 4.74 Å². The van der Waals surface area contributed by atoms with Crippen LogP contribution in [0.5, 0.6) is 5.88 Å². The van der Waals surface area contributed by atoms with Crippen molar-refractivity contribution in [1.82, 2.24) is 4.98 Å². The molecule has 2 rings (SSSR count). The Morgan fingerprint density at radius 3 is 2.70 bits per heavy atom. The van der Waals surface area contributed by atoms with Gasteiger partial charge in [0.25, 0.3) is 5.69 Å². The highest BCUT2D eigenvalue weighted by atomic mass is 19.4. The van der Waals surface area contributed by atoms with Crippen LogP contribution < -0.4 is 10.1 Å². The van der Waals surface area contributed by atoms with Crippen LogP contribution in [0.15, 0.2) is 36.5 Å². The van der Waals surface area contributed by atoms with E-state index in [0.29, 0.717) is 17.5 Å². The number of nitrogens with one attached hydrogen (secondary N) is 1. The first kappa shape index (κ1) is 16.5. The number of halogens is 3. The van der Waals surface area contributed by atoms with Gasteiger partial charge in [-0.25, -0.2) is 4.98 Å². The van der Waals surface area contributed by atoms with Gasteiger partial charge in [0.15, 0.2) is 0 Å². The van der Waals surface area contributed by atoms with Gasteiger partial charge in [0.05, 0.1) is 17.6 Å². The minimum atomic E-state index is -4.64. The molecule has 0 fully saturated rings. The Morgan fingerprint density at radius 2 is 2.09 bits per heavy atom. The number of aromatic nitrogens is 1. The Hall–Kier alpha value is -2.84. The number of nitro groups is 1. The molecule has 9 heteroatoms. The molecule has 0 unspecified atom stereocenters. The lowest BCUT2D eigenvalue weighted by Crippen LogP contribution is -2.08. The number of nitro benzene ring substituents is 1. The lowest BCUT2D eigenvalue weighted by atomic mass is 10.1. The van der Waals surface area contributed by atoms with Gasteiger partial charge in [-0.2, -0.15) is 13.2 Å². The SMILES string of the molecule is COc1ncccc1CNc1ccc(C(F)(F)F)cc1[N+](=O)[O-]. The topological polar surface area (TPSA) is 77.3 Å². The van der Waals surface area contributed by atoms with Gasteiger partial charge < -0.3 is 10.1 Å². The Balaban J connectivity index is 2.27. The average Bonchev–Trinajstić information content (AvgIpc) is 2.52. The van der Waals surface area contributed by atoms with Gasteiger partial charge in [-0.1, -0.05) is 6.07 Å². The third-order valence-corrected chi connectivity index (χ3v) is 3.03. The molecule has 1 heterocycles. The molecule has 0 amide bonds. The van der Waals surface area contributed by atoms with E-state index in [9.17, 15) is 23.3 Å². The third kappa shape index (κ3) is 3.87. The van der Waals surface area contributed by atoms with Crippen LogP contribution in [0.3, 0.4) is 0 Å². The van der Waals surface area contributed by atoms with Gasteiger partial charge in [0.1, 0.15) is 5.69 Å². The number of rotatable bonds is 5. The molecule has 1 aromatic heterocycles. The summed E-state index contributed by atoms with van der Waals surface area (Å²) < 4.78 is 43.0. The molecule has 2 aromatic rings. The van der Waals surface area contributed by atoms with Crippen molar-refractivity contribution in [1.29, 1.82) is 0 Å². The van der Waals surface area contributed by atoms with Crippen LogP contribution in [-0.4, -0.2) is 17.0 Å². The number of hydrogen-bond acceptors (Lipinski definition) is 5. The van der Waals surface area contributed by atoms with Crippen molar-refractivity contribution in [3.8, 4) is 5.88 Å². The van der Waals surface area contributed by atoms with Gasteiger partial charge >= 0.3 is 6.18 Å². The van der Waals surface area contributed by atoms with E-state index in [2.05, 4.69) is 10.3 Å². The number of benzene rings is 1. The molecular formula is C14H12F3N3O3. The van der Waals surface area contributed by atoms with Gasteiger partial charge in [-0.15, -0.1) is 0 Å². The molecule has 0 aliphatic carbocycles. The number of nitrogens with zero attached hydrogens (tertiary/aromatic N) is 2. The molecule has 0 atom stereocenters. The second-order valence-corrected chi connectivity index (χ2v) is 4.51. The molecule has 1 N–H and O–H groups in total. The zero-order chi connectivity index (χ0) is 17.0. The van der Waals surface area contributed by atoms with Crippen LogP contribution in [0.4, 0.5) is 24.5 Å². The molecule has 0 saturated heterocycles. The molecule has 0 spiro atoms. The van der Waals surface area contributed by atoms with E-state index < -0.39 is 22.4 Å². The van der Waals surface area contributed by atoms with Gasteiger partial charge in [0, 0.05) is 24.4 Å². The van der Waals surface area contributed by atoms with Crippen LogP contribution in [0.1, 0.15) is 11.1 Å². The lowest BCUT2D eigenvalue weighted by molar-refractivity contribution is -0.384. The smallest absolute Gasteiger partial charge is 0.416 e. The largest absolute Gasteiger partial charge is 0.481 e. The summed E-state index contributed by atoms with van der Waals surface area (Å²) in [5.74, 6) is 0.328. The Labute approximate surface area is 129 Å². The number of alkyl halides is 3. The fourth-order valence-corrected chi connectivity index (χ4v) is 1.94. The normalized spacial score (nSPS) is 11.1. The summed E-state index contributed by atoms with van der Waals surface area (Å²) in [5.41, 5.74) is -1.13. The van der Waals surface area contributed by atoms with Crippen molar-refractivity contribution < 1.29 is 22.8 Å². The molecule has 0 bridgehead atoms. The zero-order valence-corrected chi connectivity index (χ0v) is 11.9. The maximum absolute atomic E-state index is 12.6. The van der Waals surface area contributed by atoms with Gasteiger partial charge in [-0.3, -0.25) is 10.1 Å². The van der Waals surface area contributed by atoms with Crippen LogP contribution in [0.2, 0.25) is 0 Å². The van der Waals surface area contributed by atoms with Crippen molar-refractivity contribution in [3.05, 3.63) is 57.8 Å². The molecule has 0 radical (unpaired) electrons. The molecule has 0 saturated carbocycles. The summed E-state index contributed by atoms with van der Waals surface area (Å²) in [4.78, 5) is 14.1. The quantitative estimate of drug-likeness (QED) is 0.670. The minimum Gasteiger partial charge on any atom is -0.481 e. The first-order valence-corrected chi connectivity index (χ1v) is 6.40. The number of anilines is 1. The van der Waals surface area contributed by atoms with E-state index in [1.165, 1.54) is 13.3 Å². The maximum Gasteiger partial charge on any atom is 0.416 e. The van der Waals surface area contributed by atoms with E-state index in [-0.39, 0.29) is 12.2 Å². The summed E-state index contributed by atoms with van der Waals surface area (Å²) in [6.07, 6.45) is -3.13. The van der Waals surface area contributed by atoms with Crippen molar-refractivity contribution in [2.75, 3.05) is 12.4 Å². The van der Waals surface area contributed by atoms with E-state index in [1.807, 2.05) is 0 Å². The standard InChI is InChI=1S/C14H12F3N3O3/c1-23-13-9(3-2-6-18-13)8-19-11-5-4-10(14(15,16)17)7-12(11)20(21)22/h2-7,19H,8H2,1H3. The van der Waals surface area contributed by atoms with Gasteiger partial charge in [-0.05, 0) is 18.2 Å². The summed E-state index contributed by atoms with van der Waals surface area (Å²) in [5, 5.41) is 13.7. The van der Waals surface area contributed by atoms with Crippen molar-refractivity contribution in [3.63, 3.8) is 0 Å². The first-order chi connectivity index (χ1) is 10.8. The number of methoxy groups -OCH3 is 1. The van der Waals surface area contributed by atoms with Crippen molar-refractivity contribution in [2.24, 2.45) is 0 Å². The summed E-state index contributed by atoms with van der Waals surface area (Å²) in [7, 11) is 1.42. The highest BCUT2D eigenvalue weighted by Crippen LogP contribution is 2.35. The molecule has 6 nitrogen and oxygen atoms in total. The van der Waals surface area contributed by atoms with Gasteiger partial charge in [0.2, 0.25) is 5.88 Å². The highest BCUT2D eigenvalue weighted by molar-refractivity contribution is 5.63. The molecule has 0 aliphatic rings. The lowest BCUT2D eigenvalue weighted by Gasteiger charge is -2.11. The fraction of sp³-hybridized carbons (Fsp3) is 0.214. The van der Waals surface area contributed by atoms with Crippen LogP contribution in [0.25, 0.3) is 0 Å². The Kier molecular flexibility index (Phi) is 4.68. The Bertz CT molecular complexity index is 720. The molecular weight excluding hydrogens is 315 g/mol. The predicted octanol–water partition coefficient (Wildman–Crippen LogP) is 3.63.